The van der Waals surface area contributed by atoms with Gasteiger partial charge in [-0.2, -0.15) is 11.8 Å². The van der Waals surface area contributed by atoms with Crippen LogP contribution in [0.5, 0.6) is 0 Å². The Bertz CT molecular complexity index is 504. The minimum absolute atomic E-state index is 0. The van der Waals surface area contributed by atoms with E-state index in [4.69, 9.17) is 0 Å². The van der Waals surface area contributed by atoms with Gasteiger partial charge in [0.2, 0.25) is 5.91 Å². The topological polar surface area (TPSA) is 44.4 Å². The first-order valence-electron chi connectivity index (χ1n) is 8.67. The molecule has 2 aliphatic rings. The smallest absolute Gasteiger partial charge is 0.221 e. The van der Waals surface area contributed by atoms with E-state index in [0.29, 0.717) is 19.0 Å². The quantitative estimate of drug-likeness (QED) is 0.763. The summed E-state index contributed by atoms with van der Waals surface area (Å²) in [7, 11) is 0. The molecule has 1 unspecified atom stereocenters. The van der Waals surface area contributed by atoms with Gasteiger partial charge in [-0.05, 0) is 37.1 Å². The first-order valence-corrected chi connectivity index (χ1v) is 9.83. The van der Waals surface area contributed by atoms with Crippen LogP contribution in [-0.4, -0.2) is 48.0 Å². The summed E-state index contributed by atoms with van der Waals surface area (Å²) in [5, 5.41) is 6.44. The van der Waals surface area contributed by atoms with Gasteiger partial charge in [0, 0.05) is 43.6 Å². The van der Waals surface area contributed by atoms with E-state index in [1.165, 1.54) is 37.1 Å². The van der Waals surface area contributed by atoms with Gasteiger partial charge in [0.15, 0.2) is 0 Å². The van der Waals surface area contributed by atoms with Crippen molar-refractivity contribution in [3.8, 4) is 0 Å². The Labute approximate surface area is 167 Å². The number of carbonyl (C=O) groups excluding carboxylic acids is 1. The predicted molar refractivity (Wildman–Crippen MR) is 111 cm³/mol. The Hall–Kier alpha value is -0.460. The molecule has 0 aromatic heterocycles. The summed E-state index contributed by atoms with van der Waals surface area (Å²) in [4.78, 5) is 14.5. The van der Waals surface area contributed by atoms with Crippen LogP contribution in [0.25, 0.3) is 0 Å². The van der Waals surface area contributed by atoms with Crippen molar-refractivity contribution < 1.29 is 4.79 Å². The number of rotatable bonds is 6. The van der Waals surface area contributed by atoms with Crippen LogP contribution in [0.2, 0.25) is 0 Å². The summed E-state index contributed by atoms with van der Waals surface area (Å²) in [6, 6.07) is 9.00. The zero-order valence-corrected chi connectivity index (χ0v) is 17.0. The van der Waals surface area contributed by atoms with Crippen molar-refractivity contribution in [3.05, 3.63) is 35.4 Å². The van der Waals surface area contributed by atoms with Crippen LogP contribution >= 0.6 is 36.6 Å². The van der Waals surface area contributed by atoms with Gasteiger partial charge < -0.3 is 10.6 Å². The Balaban J connectivity index is 0.00000156. The van der Waals surface area contributed by atoms with Crippen molar-refractivity contribution >= 4 is 42.5 Å². The maximum atomic E-state index is 12.0. The third-order valence-corrected chi connectivity index (χ3v) is 5.68. The van der Waals surface area contributed by atoms with Crippen LogP contribution < -0.4 is 10.6 Å². The van der Waals surface area contributed by atoms with Crippen LogP contribution in [-0.2, 0) is 17.9 Å². The van der Waals surface area contributed by atoms with Gasteiger partial charge in [-0.25, -0.2) is 0 Å². The van der Waals surface area contributed by atoms with Gasteiger partial charge in [0.1, 0.15) is 0 Å². The number of benzene rings is 1. The lowest BCUT2D eigenvalue weighted by Gasteiger charge is -2.22. The first kappa shape index (κ1) is 22.6. The van der Waals surface area contributed by atoms with Crippen molar-refractivity contribution in [2.45, 2.75) is 38.4 Å². The molecule has 1 aromatic carbocycles. The van der Waals surface area contributed by atoms with E-state index in [-0.39, 0.29) is 30.7 Å². The Kier molecular flexibility index (Phi) is 10.9. The van der Waals surface area contributed by atoms with Crippen LogP contribution in [0.15, 0.2) is 24.3 Å². The molecule has 25 heavy (non-hydrogen) atoms. The number of halogens is 2. The number of thioether (sulfide) groups is 1. The summed E-state index contributed by atoms with van der Waals surface area (Å²) in [6.45, 7) is 5.15. The molecule has 2 aliphatic heterocycles. The molecular weight excluding hydrogens is 377 g/mol. The summed E-state index contributed by atoms with van der Waals surface area (Å²) in [5.74, 6) is 2.34. The summed E-state index contributed by atoms with van der Waals surface area (Å²) >= 11 is 1.93. The SMILES string of the molecule is Cl.Cl.O=C(CC1CSCCN1)NCc1ccc(CN2CCCC2)cc1. The Morgan fingerprint density at radius 1 is 1.16 bits per heavy atom. The third kappa shape index (κ3) is 7.75. The third-order valence-electron chi connectivity index (χ3n) is 4.55. The average Bonchev–Trinajstić information content (AvgIpc) is 3.08. The molecule has 2 N–H and O–H groups in total. The summed E-state index contributed by atoms with van der Waals surface area (Å²) in [6.07, 6.45) is 3.25. The van der Waals surface area contributed by atoms with Crippen molar-refractivity contribution in [3.63, 3.8) is 0 Å². The maximum absolute atomic E-state index is 12.0. The number of likely N-dealkylation sites (tertiary alicyclic amines) is 1. The molecule has 1 aromatic rings. The van der Waals surface area contributed by atoms with Crippen molar-refractivity contribution in [2.75, 3.05) is 31.1 Å². The largest absolute Gasteiger partial charge is 0.352 e. The molecule has 1 atom stereocenters. The molecule has 3 rings (SSSR count). The molecule has 0 bridgehead atoms. The highest BCUT2D eigenvalue weighted by atomic mass is 35.5. The van der Waals surface area contributed by atoms with Crippen molar-refractivity contribution in [1.29, 1.82) is 0 Å². The highest BCUT2D eigenvalue weighted by Gasteiger charge is 2.16. The van der Waals surface area contributed by atoms with Gasteiger partial charge in [-0.15, -0.1) is 24.8 Å². The minimum atomic E-state index is 0. The van der Waals surface area contributed by atoms with Crippen LogP contribution in [0.3, 0.4) is 0 Å². The number of hydrogen-bond donors (Lipinski definition) is 2. The lowest BCUT2D eigenvalue weighted by atomic mass is 10.1. The van der Waals surface area contributed by atoms with Gasteiger partial charge in [-0.1, -0.05) is 24.3 Å². The van der Waals surface area contributed by atoms with Crippen LogP contribution in [0, 0.1) is 0 Å². The Morgan fingerprint density at radius 3 is 2.48 bits per heavy atom. The fraction of sp³-hybridized carbons (Fsp3) is 0.611. The molecule has 1 amide bonds. The highest BCUT2D eigenvalue weighted by Crippen LogP contribution is 2.13. The van der Waals surface area contributed by atoms with Gasteiger partial charge >= 0.3 is 0 Å². The lowest BCUT2D eigenvalue weighted by molar-refractivity contribution is -0.121. The molecule has 7 heteroatoms. The molecular formula is C18H29Cl2N3OS. The number of nitrogens with zero attached hydrogens (tertiary/aromatic N) is 1. The van der Waals surface area contributed by atoms with Crippen LogP contribution in [0.4, 0.5) is 0 Å². The molecule has 0 aliphatic carbocycles. The average molecular weight is 406 g/mol. The van der Waals surface area contributed by atoms with Gasteiger partial charge in [-0.3, -0.25) is 9.69 Å². The number of carbonyl (C=O) groups is 1. The predicted octanol–water partition coefficient (Wildman–Crippen LogP) is 2.84. The second-order valence-corrected chi connectivity index (χ2v) is 7.66. The van der Waals surface area contributed by atoms with E-state index in [2.05, 4.69) is 39.8 Å². The van der Waals surface area contributed by atoms with E-state index in [1.807, 2.05) is 11.8 Å². The Morgan fingerprint density at radius 2 is 1.84 bits per heavy atom. The molecule has 142 valence electrons. The summed E-state index contributed by atoms with van der Waals surface area (Å²) in [5.41, 5.74) is 2.54. The lowest BCUT2D eigenvalue weighted by Crippen LogP contribution is -2.41. The maximum Gasteiger partial charge on any atom is 0.221 e. The second kappa shape index (κ2) is 12.0. The van der Waals surface area contributed by atoms with Crippen molar-refractivity contribution in [1.82, 2.24) is 15.5 Å². The molecule has 0 saturated carbocycles. The van der Waals surface area contributed by atoms with E-state index < -0.39 is 0 Å². The number of nitrogens with one attached hydrogen (secondary N) is 2. The highest BCUT2D eigenvalue weighted by molar-refractivity contribution is 7.99. The van der Waals surface area contributed by atoms with Crippen molar-refractivity contribution in [2.24, 2.45) is 0 Å². The molecule has 2 fully saturated rings. The summed E-state index contributed by atoms with van der Waals surface area (Å²) < 4.78 is 0. The zero-order valence-electron chi connectivity index (χ0n) is 14.5. The van der Waals surface area contributed by atoms with E-state index in [9.17, 15) is 4.79 Å². The molecule has 2 heterocycles. The fourth-order valence-corrected chi connectivity index (χ4v) is 4.16. The van der Waals surface area contributed by atoms with Gasteiger partial charge in [0.25, 0.3) is 0 Å². The zero-order chi connectivity index (χ0) is 15.9. The molecule has 4 nitrogen and oxygen atoms in total. The minimum Gasteiger partial charge on any atom is -0.352 e. The van der Waals surface area contributed by atoms with E-state index in [0.717, 1.165) is 24.6 Å². The monoisotopic (exact) mass is 405 g/mol. The molecule has 0 spiro atoms. The molecule has 2 saturated heterocycles. The van der Waals surface area contributed by atoms with Crippen LogP contribution in [0.1, 0.15) is 30.4 Å². The first-order chi connectivity index (χ1) is 11.3. The van der Waals surface area contributed by atoms with Gasteiger partial charge in [0.05, 0.1) is 0 Å². The normalized spacial score (nSPS) is 20.4. The molecule has 0 radical (unpaired) electrons. The van der Waals surface area contributed by atoms with E-state index >= 15 is 0 Å². The fourth-order valence-electron chi connectivity index (χ4n) is 3.21. The van der Waals surface area contributed by atoms with E-state index in [1.54, 1.807) is 0 Å². The number of amides is 1. The standard InChI is InChI=1S/C18H27N3OS.2ClH/c22-18(11-17-14-23-10-7-19-17)20-12-15-3-5-16(6-4-15)13-21-8-1-2-9-21;;/h3-6,17,19H,1-2,7-14H2,(H,20,22);2*1H. The second-order valence-electron chi connectivity index (χ2n) is 6.51. The number of hydrogen-bond acceptors (Lipinski definition) is 4.